The molecule has 1 heteroatoms. The molecule has 3 aromatic carbocycles. The van der Waals surface area contributed by atoms with Gasteiger partial charge in [-0.25, -0.2) is 0 Å². The van der Waals surface area contributed by atoms with E-state index in [4.69, 9.17) is 0 Å². The van der Waals surface area contributed by atoms with Crippen molar-refractivity contribution in [1.82, 2.24) is 5.32 Å². The van der Waals surface area contributed by atoms with E-state index < -0.39 is 0 Å². The molecular weight excluding hydrogens is 230 g/mol. The van der Waals surface area contributed by atoms with Crippen molar-refractivity contribution in [2.24, 2.45) is 0 Å². The molecule has 0 atom stereocenters. The summed E-state index contributed by atoms with van der Waals surface area (Å²) in [6.45, 7) is 0.930. The lowest BCUT2D eigenvalue weighted by Crippen LogP contribution is -1.98. The highest BCUT2D eigenvalue weighted by Gasteiger charge is 2.11. The van der Waals surface area contributed by atoms with Gasteiger partial charge in [0.25, 0.3) is 0 Å². The van der Waals surface area contributed by atoms with Crippen LogP contribution in [0, 0.1) is 0 Å². The predicted molar refractivity (Wildman–Crippen MR) is 81.0 cm³/mol. The van der Waals surface area contributed by atoms with E-state index in [1.807, 2.05) is 0 Å². The molecule has 0 saturated heterocycles. The van der Waals surface area contributed by atoms with Crippen molar-refractivity contribution in [3.05, 3.63) is 66.2 Å². The second-order valence-electron chi connectivity index (χ2n) is 4.99. The van der Waals surface area contributed by atoms with Crippen LogP contribution in [0.25, 0.3) is 27.2 Å². The predicted octanol–water partition coefficient (Wildman–Crippen LogP) is 4.34. The lowest BCUT2D eigenvalue weighted by atomic mass is 9.98. The third-order valence-electron chi connectivity index (χ3n) is 3.77. The third kappa shape index (κ3) is 1.70. The minimum Gasteiger partial charge on any atom is -0.285 e. The van der Waals surface area contributed by atoms with E-state index in [0.717, 1.165) is 18.7 Å². The Morgan fingerprint density at radius 3 is 2.37 bits per heavy atom. The quantitative estimate of drug-likeness (QED) is 0.565. The molecule has 0 fully saturated rings. The molecule has 0 saturated carbocycles. The third-order valence-corrected chi connectivity index (χ3v) is 3.77. The normalized spacial score (nSPS) is 14.6. The summed E-state index contributed by atoms with van der Waals surface area (Å²) in [5.41, 5.74) is 2.42. The van der Waals surface area contributed by atoms with Crippen molar-refractivity contribution in [1.29, 1.82) is 0 Å². The Hall–Kier alpha value is -2.28. The standard InChI is InChI=1S/C18H14N/c1-2-6-14-12-17-15(11-13(14)5-1)7-3-8-16(17)18-9-4-10-19-18/h1-3,5-9,11-12H,4,10H2. The average molecular weight is 244 g/mol. The number of nitrogens with zero attached hydrogens (tertiary/aromatic N) is 1. The molecule has 0 N–H and O–H groups in total. The van der Waals surface area contributed by atoms with E-state index in [2.05, 4.69) is 66.0 Å². The van der Waals surface area contributed by atoms with Crippen molar-refractivity contribution in [3.8, 4) is 0 Å². The summed E-state index contributed by atoms with van der Waals surface area (Å²) >= 11 is 0. The fourth-order valence-electron chi connectivity index (χ4n) is 2.84. The molecule has 19 heavy (non-hydrogen) atoms. The topological polar surface area (TPSA) is 14.1 Å². The number of benzene rings is 3. The first-order valence-corrected chi connectivity index (χ1v) is 6.71. The second kappa shape index (κ2) is 4.13. The molecule has 1 radical (unpaired) electrons. The van der Waals surface area contributed by atoms with Crippen LogP contribution in [0.15, 0.2) is 60.7 Å². The highest BCUT2D eigenvalue weighted by Crippen LogP contribution is 2.30. The van der Waals surface area contributed by atoms with Gasteiger partial charge in [0.15, 0.2) is 0 Å². The smallest absolute Gasteiger partial charge is 0.0613 e. The fourth-order valence-corrected chi connectivity index (χ4v) is 2.84. The zero-order valence-electron chi connectivity index (χ0n) is 10.6. The Morgan fingerprint density at radius 1 is 0.789 bits per heavy atom. The van der Waals surface area contributed by atoms with Crippen LogP contribution in [0.1, 0.15) is 12.0 Å². The van der Waals surface area contributed by atoms with Crippen molar-refractivity contribution in [3.63, 3.8) is 0 Å². The van der Waals surface area contributed by atoms with Crippen molar-refractivity contribution in [2.75, 3.05) is 6.54 Å². The summed E-state index contributed by atoms with van der Waals surface area (Å²) < 4.78 is 0. The summed E-state index contributed by atoms with van der Waals surface area (Å²) in [4.78, 5) is 0. The Labute approximate surface area is 112 Å². The number of hydrogen-bond acceptors (Lipinski definition) is 0. The van der Waals surface area contributed by atoms with Crippen LogP contribution in [0.4, 0.5) is 0 Å². The minimum atomic E-state index is 0.930. The molecule has 0 aliphatic carbocycles. The fraction of sp³-hybridized carbons (Fsp3) is 0.111. The molecular formula is C18H14N. The van der Waals surface area contributed by atoms with E-state index in [1.54, 1.807) is 0 Å². The average Bonchev–Trinajstić information content (AvgIpc) is 2.98. The van der Waals surface area contributed by atoms with Crippen LogP contribution < -0.4 is 5.32 Å². The highest BCUT2D eigenvalue weighted by molar-refractivity contribution is 6.02. The molecule has 1 heterocycles. The zero-order chi connectivity index (χ0) is 12.7. The van der Waals surface area contributed by atoms with Crippen LogP contribution in [-0.2, 0) is 0 Å². The first-order chi connectivity index (χ1) is 9.42. The van der Waals surface area contributed by atoms with Crippen LogP contribution in [-0.4, -0.2) is 6.54 Å². The van der Waals surface area contributed by atoms with Gasteiger partial charge in [-0.15, -0.1) is 0 Å². The maximum atomic E-state index is 4.60. The monoisotopic (exact) mass is 244 g/mol. The molecule has 0 bridgehead atoms. The largest absolute Gasteiger partial charge is 0.285 e. The number of rotatable bonds is 1. The summed E-state index contributed by atoms with van der Waals surface area (Å²) in [5.74, 6) is 0. The first kappa shape index (κ1) is 10.6. The summed E-state index contributed by atoms with van der Waals surface area (Å²) in [7, 11) is 0. The SMILES string of the molecule is C1=C(c2cccc3cc4ccccc4cc23)[N]CC1. The first-order valence-electron chi connectivity index (χ1n) is 6.71. The van der Waals surface area contributed by atoms with E-state index in [-0.39, 0.29) is 0 Å². The van der Waals surface area contributed by atoms with Gasteiger partial charge in [-0.2, -0.15) is 0 Å². The van der Waals surface area contributed by atoms with Gasteiger partial charge in [-0.3, -0.25) is 5.32 Å². The molecule has 0 spiro atoms. The molecule has 3 aromatic rings. The minimum absolute atomic E-state index is 0.930. The van der Waals surface area contributed by atoms with Gasteiger partial charge in [0.1, 0.15) is 0 Å². The van der Waals surface area contributed by atoms with Crippen molar-refractivity contribution in [2.45, 2.75) is 6.42 Å². The highest BCUT2D eigenvalue weighted by atomic mass is 14.9. The summed E-state index contributed by atoms with van der Waals surface area (Å²) in [5, 5.41) is 9.78. The molecule has 1 nitrogen and oxygen atoms in total. The van der Waals surface area contributed by atoms with Crippen LogP contribution in [0.5, 0.6) is 0 Å². The molecule has 0 aromatic heterocycles. The molecule has 0 unspecified atom stereocenters. The number of hydrogen-bond donors (Lipinski definition) is 0. The summed E-state index contributed by atoms with van der Waals surface area (Å²) in [6, 6.07) is 19.6. The van der Waals surface area contributed by atoms with Gasteiger partial charge in [-0.05, 0) is 40.1 Å². The Kier molecular flexibility index (Phi) is 2.31. The molecule has 1 aliphatic heterocycles. The lowest BCUT2D eigenvalue weighted by molar-refractivity contribution is 0.913. The van der Waals surface area contributed by atoms with Crippen molar-refractivity contribution < 1.29 is 0 Å². The maximum Gasteiger partial charge on any atom is 0.0613 e. The second-order valence-corrected chi connectivity index (χ2v) is 4.99. The van der Waals surface area contributed by atoms with Crippen molar-refractivity contribution >= 4 is 27.2 Å². The van der Waals surface area contributed by atoms with Gasteiger partial charge in [0.05, 0.1) is 5.70 Å². The van der Waals surface area contributed by atoms with Gasteiger partial charge >= 0.3 is 0 Å². The Balaban J connectivity index is 2.06. The molecule has 0 amide bonds. The molecule has 91 valence electrons. The lowest BCUT2D eigenvalue weighted by Gasteiger charge is -2.09. The summed E-state index contributed by atoms with van der Waals surface area (Å²) in [6.07, 6.45) is 3.31. The van der Waals surface area contributed by atoms with E-state index in [1.165, 1.54) is 27.1 Å². The number of fused-ring (bicyclic) bond motifs is 2. The van der Waals surface area contributed by atoms with Gasteiger partial charge in [0, 0.05) is 12.1 Å². The molecule has 1 aliphatic rings. The maximum absolute atomic E-state index is 4.60. The van der Waals surface area contributed by atoms with Crippen LogP contribution in [0.2, 0.25) is 0 Å². The van der Waals surface area contributed by atoms with E-state index in [0.29, 0.717) is 0 Å². The molecule has 4 rings (SSSR count). The van der Waals surface area contributed by atoms with E-state index >= 15 is 0 Å². The van der Waals surface area contributed by atoms with Gasteiger partial charge in [-0.1, -0.05) is 48.5 Å². The van der Waals surface area contributed by atoms with E-state index in [9.17, 15) is 0 Å². The zero-order valence-corrected chi connectivity index (χ0v) is 10.6. The van der Waals surface area contributed by atoms with Crippen LogP contribution >= 0.6 is 0 Å². The van der Waals surface area contributed by atoms with Gasteiger partial charge in [0.2, 0.25) is 0 Å². The van der Waals surface area contributed by atoms with Gasteiger partial charge < -0.3 is 0 Å². The Bertz CT molecular complexity index is 799. The Morgan fingerprint density at radius 2 is 1.58 bits per heavy atom. The van der Waals surface area contributed by atoms with Crippen LogP contribution in [0.3, 0.4) is 0 Å².